The zero-order chi connectivity index (χ0) is 11.6. The first-order valence-corrected chi connectivity index (χ1v) is 4.73. The maximum absolute atomic E-state index is 12.2. The van der Waals surface area contributed by atoms with Crippen molar-refractivity contribution >= 4 is 18.4 Å². The van der Waals surface area contributed by atoms with Gasteiger partial charge in [0.15, 0.2) is 5.78 Å². The van der Waals surface area contributed by atoms with E-state index in [9.17, 15) is 18.0 Å². The van der Waals surface area contributed by atoms with Crippen LogP contribution < -0.4 is 0 Å². The van der Waals surface area contributed by atoms with Crippen LogP contribution in [0.15, 0.2) is 24.3 Å². The molecule has 0 aliphatic heterocycles. The summed E-state index contributed by atoms with van der Waals surface area (Å²) in [4.78, 5) is 11.3. The van der Waals surface area contributed by atoms with Gasteiger partial charge in [0, 0.05) is 5.56 Å². The summed E-state index contributed by atoms with van der Waals surface area (Å²) < 4.78 is 36.5. The standard InChI is InChI=1S/C10H9F3OS/c1-6(15)9(14)7-2-4-8(5-3-7)10(11,12)13/h2-6,15H,1H3. The molecule has 0 fully saturated rings. The first-order chi connectivity index (χ1) is 6.82. The number of thiol groups is 1. The van der Waals surface area contributed by atoms with Gasteiger partial charge < -0.3 is 0 Å². The summed E-state index contributed by atoms with van der Waals surface area (Å²) in [6, 6.07) is 4.11. The van der Waals surface area contributed by atoms with Crippen molar-refractivity contribution in [3.63, 3.8) is 0 Å². The van der Waals surface area contributed by atoms with E-state index in [2.05, 4.69) is 12.6 Å². The number of benzene rings is 1. The highest BCUT2D eigenvalue weighted by Gasteiger charge is 2.30. The van der Waals surface area contributed by atoms with Gasteiger partial charge in [0.1, 0.15) is 0 Å². The van der Waals surface area contributed by atoms with Crippen LogP contribution in [0.2, 0.25) is 0 Å². The number of alkyl halides is 3. The first kappa shape index (κ1) is 12.1. The number of hydrogen-bond acceptors (Lipinski definition) is 2. The van der Waals surface area contributed by atoms with Crippen molar-refractivity contribution in [1.82, 2.24) is 0 Å². The highest BCUT2D eigenvalue weighted by atomic mass is 32.1. The normalized spacial score (nSPS) is 13.7. The minimum absolute atomic E-state index is 0.241. The lowest BCUT2D eigenvalue weighted by Gasteiger charge is -2.07. The molecule has 0 aromatic heterocycles. The van der Waals surface area contributed by atoms with E-state index in [1.165, 1.54) is 0 Å². The van der Waals surface area contributed by atoms with Crippen LogP contribution >= 0.6 is 12.6 Å². The van der Waals surface area contributed by atoms with E-state index in [-0.39, 0.29) is 11.3 Å². The fourth-order valence-corrected chi connectivity index (χ4v) is 1.21. The molecule has 1 atom stereocenters. The summed E-state index contributed by atoms with van der Waals surface area (Å²) in [6.45, 7) is 1.57. The molecule has 0 radical (unpaired) electrons. The van der Waals surface area contributed by atoms with Crippen LogP contribution in [0.25, 0.3) is 0 Å². The Morgan fingerprint density at radius 1 is 1.27 bits per heavy atom. The predicted molar refractivity (Wildman–Crippen MR) is 54.2 cm³/mol. The third-order valence-corrected chi connectivity index (χ3v) is 2.11. The Morgan fingerprint density at radius 2 is 1.73 bits per heavy atom. The fourth-order valence-electron chi connectivity index (χ4n) is 1.06. The highest BCUT2D eigenvalue weighted by molar-refractivity contribution is 7.81. The fraction of sp³-hybridized carbons (Fsp3) is 0.300. The molecule has 0 bridgehead atoms. The average Bonchev–Trinajstić information content (AvgIpc) is 2.15. The third-order valence-electron chi connectivity index (χ3n) is 1.88. The number of carbonyl (C=O) groups excluding carboxylic acids is 1. The molecular formula is C10H9F3OS. The topological polar surface area (TPSA) is 17.1 Å². The van der Waals surface area contributed by atoms with Gasteiger partial charge in [0.25, 0.3) is 0 Å². The van der Waals surface area contributed by atoms with Crippen molar-refractivity contribution in [3.8, 4) is 0 Å². The van der Waals surface area contributed by atoms with Crippen molar-refractivity contribution in [2.75, 3.05) is 0 Å². The lowest BCUT2D eigenvalue weighted by molar-refractivity contribution is -0.137. The Morgan fingerprint density at radius 3 is 2.07 bits per heavy atom. The Hall–Kier alpha value is -0.970. The molecule has 0 aliphatic rings. The summed E-state index contributed by atoms with van der Waals surface area (Å²) in [5.74, 6) is -0.285. The van der Waals surface area contributed by atoms with Crippen LogP contribution in [0.1, 0.15) is 22.8 Å². The number of carbonyl (C=O) groups is 1. The van der Waals surface area contributed by atoms with Gasteiger partial charge in [-0.1, -0.05) is 12.1 Å². The average molecular weight is 234 g/mol. The molecule has 0 saturated carbocycles. The molecule has 0 heterocycles. The summed E-state index contributed by atoms with van der Waals surface area (Å²) in [6.07, 6.45) is -4.37. The van der Waals surface area contributed by atoms with E-state index in [1.54, 1.807) is 6.92 Å². The van der Waals surface area contributed by atoms with Gasteiger partial charge in [0.05, 0.1) is 10.8 Å². The summed E-state index contributed by atoms with van der Waals surface area (Å²) in [7, 11) is 0. The number of rotatable bonds is 2. The van der Waals surface area contributed by atoms with Crippen LogP contribution in [-0.2, 0) is 6.18 Å². The Balaban J connectivity index is 2.96. The Labute approximate surface area is 90.7 Å². The number of Topliss-reactive ketones (excluding diaryl/α,β-unsaturated/α-hetero) is 1. The molecule has 1 aromatic carbocycles. The molecule has 0 N–H and O–H groups in total. The monoisotopic (exact) mass is 234 g/mol. The minimum atomic E-state index is -4.37. The Bertz CT molecular complexity index is 354. The minimum Gasteiger partial charge on any atom is -0.293 e. The van der Waals surface area contributed by atoms with E-state index in [0.717, 1.165) is 24.3 Å². The second-order valence-electron chi connectivity index (χ2n) is 3.12. The molecule has 0 amide bonds. The molecule has 82 valence electrons. The molecule has 1 rings (SSSR count). The SMILES string of the molecule is CC(S)C(=O)c1ccc(C(F)(F)F)cc1. The molecule has 15 heavy (non-hydrogen) atoms. The zero-order valence-electron chi connectivity index (χ0n) is 7.88. The van der Waals surface area contributed by atoms with Gasteiger partial charge in [-0.05, 0) is 19.1 Å². The molecule has 5 heteroatoms. The van der Waals surface area contributed by atoms with Crippen molar-refractivity contribution in [1.29, 1.82) is 0 Å². The van der Waals surface area contributed by atoms with Crippen LogP contribution in [0.3, 0.4) is 0 Å². The van der Waals surface area contributed by atoms with Crippen molar-refractivity contribution < 1.29 is 18.0 Å². The third kappa shape index (κ3) is 2.99. The van der Waals surface area contributed by atoms with E-state index >= 15 is 0 Å². The first-order valence-electron chi connectivity index (χ1n) is 4.22. The van der Waals surface area contributed by atoms with Crippen molar-refractivity contribution in [2.45, 2.75) is 18.3 Å². The molecule has 1 aromatic rings. The van der Waals surface area contributed by atoms with Gasteiger partial charge in [-0.3, -0.25) is 4.79 Å². The lowest BCUT2D eigenvalue weighted by Crippen LogP contribution is -2.11. The number of ketones is 1. The molecule has 0 spiro atoms. The summed E-state index contributed by atoms with van der Waals surface area (Å²) >= 11 is 3.92. The summed E-state index contributed by atoms with van der Waals surface area (Å²) in [5, 5.41) is -0.512. The van der Waals surface area contributed by atoms with Crippen LogP contribution in [-0.4, -0.2) is 11.0 Å². The molecule has 1 nitrogen and oxygen atoms in total. The van der Waals surface area contributed by atoms with Gasteiger partial charge in [-0.15, -0.1) is 0 Å². The van der Waals surface area contributed by atoms with Crippen LogP contribution in [0.5, 0.6) is 0 Å². The number of halogens is 3. The zero-order valence-corrected chi connectivity index (χ0v) is 8.77. The van der Waals surface area contributed by atoms with E-state index in [0.29, 0.717) is 0 Å². The van der Waals surface area contributed by atoms with Crippen LogP contribution in [0.4, 0.5) is 13.2 Å². The van der Waals surface area contributed by atoms with E-state index in [4.69, 9.17) is 0 Å². The van der Waals surface area contributed by atoms with E-state index < -0.39 is 17.0 Å². The highest BCUT2D eigenvalue weighted by Crippen LogP contribution is 2.29. The molecule has 0 aliphatic carbocycles. The maximum Gasteiger partial charge on any atom is 0.416 e. The van der Waals surface area contributed by atoms with Gasteiger partial charge in [-0.25, -0.2) is 0 Å². The lowest BCUT2D eigenvalue weighted by atomic mass is 10.1. The Kier molecular flexibility index (Phi) is 3.44. The van der Waals surface area contributed by atoms with Gasteiger partial charge >= 0.3 is 6.18 Å². The van der Waals surface area contributed by atoms with Crippen molar-refractivity contribution in [3.05, 3.63) is 35.4 Å². The number of hydrogen-bond donors (Lipinski definition) is 1. The van der Waals surface area contributed by atoms with Gasteiger partial charge in [0.2, 0.25) is 0 Å². The second-order valence-corrected chi connectivity index (χ2v) is 3.89. The molecular weight excluding hydrogens is 225 g/mol. The molecule has 1 unspecified atom stereocenters. The maximum atomic E-state index is 12.2. The quantitative estimate of drug-likeness (QED) is 0.614. The largest absolute Gasteiger partial charge is 0.416 e. The predicted octanol–water partition coefficient (Wildman–Crippen LogP) is 3.21. The van der Waals surface area contributed by atoms with Crippen molar-refractivity contribution in [2.24, 2.45) is 0 Å². The van der Waals surface area contributed by atoms with E-state index in [1.807, 2.05) is 0 Å². The smallest absolute Gasteiger partial charge is 0.293 e. The second kappa shape index (κ2) is 4.26. The summed E-state index contributed by atoms with van der Waals surface area (Å²) in [5.41, 5.74) is -0.517. The van der Waals surface area contributed by atoms with Gasteiger partial charge in [-0.2, -0.15) is 25.8 Å². The van der Waals surface area contributed by atoms with Crippen LogP contribution in [0, 0.1) is 0 Å². The molecule has 0 saturated heterocycles.